The summed E-state index contributed by atoms with van der Waals surface area (Å²) in [5, 5.41) is 10.7. The van der Waals surface area contributed by atoms with Crippen LogP contribution in [0.2, 0.25) is 0 Å². The van der Waals surface area contributed by atoms with E-state index in [1.807, 2.05) is 12.1 Å². The van der Waals surface area contributed by atoms with Gasteiger partial charge in [-0.15, -0.1) is 0 Å². The third kappa shape index (κ3) is 2.93. The van der Waals surface area contributed by atoms with E-state index in [0.717, 1.165) is 38.5 Å². The normalized spacial score (nSPS) is 12.0. The highest BCUT2D eigenvalue weighted by Crippen LogP contribution is 2.46. The highest BCUT2D eigenvalue weighted by atomic mass is 16.3. The van der Waals surface area contributed by atoms with E-state index in [1.165, 1.54) is 49.0 Å². The first kappa shape index (κ1) is 21.6. The first-order valence-corrected chi connectivity index (χ1v) is 13.6. The zero-order valence-electron chi connectivity index (χ0n) is 21.5. The second-order valence-corrected chi connectivity index (χ2v) is 10.5. The summed E-state index contributed by atoms with van der Waals surface area (Å²) in [7, 11) is 0. The van der Waals surface area contributed by atoms with Crippen molar-refractivity contribution < 1.29 is 8.83 Å². The summed E-state index contributed by atoms with van der Waals surface area (Å²) in [5.74, 6) is 0. The fraction of sp³-hybridized carbons (Fsp3) is 0. The van der Waals surface area contributed by atoms with Crippen LogP contribution in [0.4, 0.5) is 0 Å². The van der Waals surface area contributed by atoms with Gasteiger partial charge in [-0.25, -0.2) is 0 Å². The minimum absolute atomic E-state index is 0.841. The van der Waals surface area contributed by atoms with E-state index >= 15 is 0 Å². The minimum atomic E-state index is 0.841. The Labute approximate surface area is 229 Å². The molecule has 7 aromatic carbocycles. The molecule has 186 valence electrons. The van der Waals surface area contributed by atoms with Crippen molar-refractivity contribution in [1.29, 1.82) is 0 Å². The molecule has 0 N–H and O–H groups in total. The predicted octanol–water partition coefficient (Wildman–Crippen LogP) is 11.1. The van der Waals surface area contributed by atoms with Crippen molar-refractivity contribution in [3.63, 3.8) is 0 Å². The second kappa shape index (κ2) is 8.08. The van der Waals surface area contributed by atoms with Crippen molar-refractivity contribution in [3.8, 4) is 22.3 Å². The van der Waals surface area contributed by atoms with Gasteiger partial charge in [-0.1, -0.05) is 97.1 Å². The molecule has 40 heavy (non-hydrogen) atoms. The number of hydrogen-bond donors (Lipinski definition) is 0. The van der Waals surface area contributed by atoms with Gasteiger partial charge >= 0.3 is 0 Å². The smallest absolute Gasteiger partial charge is 0.146 e. The highest BCUT2D eigenvalue weighted by Gasteiger charge is 2.19. The summed E-state index contributed by atoms with van der Waals surface area (Å²) < 4.78 is 12.1. The molecule has 0 saturated carbocycles. The SMILES string of the molecule is c1ccc2c(-c3c4ccccc4c(-c4ccc5c(c4)oc4c6ccoc6ccc54)c4ccccc34)cccc2c1. The van der Waals surface area contributed by atoms with Crippen LogP contribution in [0.5, 0.6) is 0 Å². The quantitative estimate of drug-likeness (QED) is 0.216. The average Bonchev–Trinajstić information content (AvgIpc) is 3.64. The Morgan fingerprint density at radius 2 is 1.05 bits per heavy atom. The van der Waals surface area contributed by atoms with Crippen LogP contribution in [0.1, 0.15) is 0 Å². The van der Waals surface area contributed by atoms with Crippen LogP contribution in [0, 0.1) is 0 Å². The largest absolute Gasteiger partial charge is 0.464 e. The molecular formula is C38H22O2. The average molecular weight is 511 g/mol. The summed E-state index contributed by atoms with van der Waals surface area (Å²) in [6.45, 7) is 0. The number of hydrogen-bond acceptors (Lipinski definition) is 2. The van der Waals surface area contributed by atoms with E-state index in [1.54, 1.807) is 6.26 Å². The molecule has 2 heteroatoms. The van der Waals surface area contributed by atoms with Crippen molar-refractivity contribution in [2.45, 2.75) is 0 Å². The summed E-state index contributed by atoms with van der Waals surface area (Å²) in [5.41, 5.74) is 7.50. The molecule has 0 unspecified atom stereocenters. The monoisotopic (exact) mass is 510 g/mol. The molecule has 0 spiro atoms. The number of fused-ring (bicyclic) bond motifs is 8. The molecule has 0 aliphatic carbocycles. The summed E-state index contributed by atoms with van der Waals surface area (Å²) in [4.78, 5) is 0. The number of furan rings is 2. The van der Waals surface area contributed by atoms with Crippen molar-refractivity contribution in [1.82, 2.24) is 0 Å². The molecule has 2 heterocycles. The Bertz CT molecular complexity index is 2370. The molecule has 2 aromatic heterocycles. The van der Waals surface area contributed by atoms with Gasteiger partial charge in [-0.3, -0.25) is 0 Å². The summed E-state index contributed by atoms with van der Waals surface area (Å²) >= 11 is 0. The van der Waals surface area contributed by atoms with Gasteiger partial charge in [0.2, 0.25) is 0 Å². The molecule has 9 aromatic rings. The van der Waals surface area contributed by atoms with Gasteiger partial charge in [0, 0.05) is 10.8 Å². The Kier molecular flexibility index (Phi) is 4.36. The summed E-state index contributed by atoms with van der Waals surface area (Å²) in [6.07, 6.45) is 1.72. The molecule has 0 bridgehead atoms. The Morgan fingerprint density at radius 3 is 1.82 bits per heavy atom. The lowest BCUT2D eigenvalue weighted by Gasteiger charge is -2.18. The Morgan fingerprint density at radius 1 is 0.400 bits per heavy atom. The van der Waals surface area contributed by atoms with Crippen molar-refractivity contribution in [2.75, 3.05) is 0 Å². The van der Waals surface area contributed by atoms with Crippen LogP contribution in [0.25, 0.3) is 87.5 Å². The Hall–Kier alpha value is -5.34. The van der Waals surface area contributed by atoms with Gasteiger partial charge in [-0.05, 0) is 84.9 Å². The molecular weight excluding hydrogens is 488 g/mol. The lowest BCUT2D eigenvalue weighted by atomic mass is 9.84. The highest BCUT2D eigenvalue weighted by molar-refractivity contribution is 6.24. The van der Waals surface area contributed by atoms with Gasteiger partial charge in [0.05, 0.1) is 11.6 Å². The maximum absolute atomic E-state index is 6.49. The number of rotatable bonds is 2. The molecule has 0 aliphatic heterocycles. The lowest BCUT2D eigenvalue weighted by Crippen LogP contribution is -1.91. The van der Waals surface area contributed by atoms with Crippen molar-refractivity contribution in [3.05, 3.63) is 134 Å². The topological polar surface area (TPSA) is 26.3 Å². The van der Waals surface area contributed by atoms with Crippen LogP contribution < -0.4 is 0 Å². The van der Waals surface area contributed by atoms with Crippen molar-refractivity contribution in [2.24, 2.45) is 0 Å². The predicted molar refractivity (Wildman–Crippen MR) is 167 cm³/mol. The standard InChI is InChI=1S/C38H22O2/c1-2-10-25-23(8-1)9-7-15-27(25)37-30-13-5-3-11-28(30)36(29-12-4-6-14-31(29)37)24-16-17-26-32-18-19-34-33(20-21-39-34)38(32)40-35(26)22-24/h1-22H. The molecule has 0 atom stereocenters. The minimum Gasteiger partial charge on any atom is -0.464 e. The molecule has 0 amide bonds. The Balaban J connectivity index is 1.39. The first-order chi connectivity index (χ1) is 19.8. The second-order valence-electron chi connectivity index (χ2n) is 10.5. The van der Waals surface area contributed by atoms with E-state index in [0.29, 0.717) is 0 Å². The van der Waals surface area contributed by atoms with Gasteiger partial charge < -0.3 is 8.83 Å². The van der Waals surface area contributed by atoms with E-state index in [-0.39, 0.29) is 0 Å². The third-order valence-electron chi connectivity index (χ3n) is 8.35. The van der Waals surface area contributed by atoms with Gasteiger partial charge in [0.25, 0.3) is 0 Å². The van der Waals surface area contributed by atoms with Crippen LogP contribution in [0.3, 0.4) is 0 Å². The molecule has 2 nitrogen and oxygen atoms in total. The van der Waals surface area contributed by atoms with Crippen LogP contribution in [0.15, 0.2) is 142 Å². The molecule has 0 saturated heterocycles. The van der Waals surface area contributed by atoms with Crippen LogP contribution in [-0.2, 0) is 0 Å². The molecule has 0 aliphatic rings. The van der Waals surface area contributed by atoms with Crippen molar-refractivity contribution >= 4 is 65.2 Å². The third-order valence-corrected chi connectivity index (χ3v) is 8.35. The van der Waals surface area contributed by atoms with E-state index in [4.69, 9.17) is 8.83 Å². The zero-order valence-corrected chi connectivity index (χ0v) is 21.5. The fourth-order valence-corrected chi connectivity index (χ4v) is 6.61. The van der Waals surface area contributed by atoms with Crippen LogP contribution >= 0.6 is 0 Å². The molecule has 9 rings (SSSR count). The lowest BCUT2D eigenvalue weighted by molar-refractivity contribution is 0.615. The first-order valence-electron chi connectivity index (χ1n) is 13.6. The zero-order chi connectivity index (χ0) is 26.2. The number of benzene rings is 7. The van der Waals surface area contributed by atoms with Gasteiger partial charge in [0.15, 0.2) is 0 Å². The summed E-state index contributed by atoms with van der Waals surface area (Å²) in [6, 6.07) is 45.6. The van der Waals surface area contributed by atoms with Gasteiger partial charge in [-0.2, -0.15) is 0 Å². The van der Waals surface area contributed by atoms with E-state index in [9.17, 15) is 0 Å². The fourth-order valence-electron chi connectivity index (χ4n) is 6.61. The molecule has 0 radical (unpaired) electrons. The maximum Gasteiger partial charge on any atom is 0.146 e. The van der Waals surface area contributed by atoms with E-state index in [2.05, 4.69) is 115 Å². The van der Waals surface area contributed by atoms with E-state index < -0.39 is 0 Å². The molecule has 0 fully saturated rings. The van der Waals surface area contributed by atoms with Gasteiger partial charge in [0.1, 0.15) is 16.7 Å². The van der Waals surface area contributed by atoms with Crippen LogP contribution in [-0.4, -0.2) is 0 Å². The maximum atomic E-state index is 6.49.